The largest absolute Gasteiger partial charge is 0.252 e. The van der Waals surface area contributed by atoms with E-state index in [-0.39, 0.29) is 0 Å². The Morgan fingerprint density at radius 3 is 2.93 bits per heavy atom. The molecule has 0 radical (unpaired) electrons. The Labute approximate surface area is 91.4 Å². The van der Waals surface area contributed by atoms with Crippen LogP contribution >= 0.6 is 15.9 Å². The van der Waals surface area contributed by atoms with Gasteiger partial charge in [0.25, 0.3) is 5.82 Å². The fourth-order valence-electron chi connectivity index (χ4n) is 1.63. The minimum atomic E-state index is 0.801. The van der Waals surface area contributed by atoms with Gasteiger partial charge < -0.3 is 0 Å². The Bertz CT molecular complexity index is 485. The Morgan fingerprint density at radius 2 is 2.21 bits per heavy atom. The molecule has 1 aromatic heterocycles. The van der Waals surface area contributed by atoms with Crippen LogP contribution in [0, 0.1) is 6.92 Å². The summed E-state index contributed by atoms with van der Waals surface area (Å²) in [6, 6.07) is 8.26. The lowest BCUT2D eigenvalue weighted by atomic mass is 10.3. The molecule has 3 heteroatoms. The number of aromatic nitrogens is 2. The maximum Gasteiger partial charge on any atom is 0.252 e. The number of allylic oxidation sites excluding steroid dienone is 1. The molecule has 2 aromatic rings. The van der Waals surface area contributed by atoms with Crippen LogP contribution in [0.4, 0.5) is 0 Å². The van der Waals surface area contributed by atoms with Gasteiger partial charge in [0.15, 0.2) is 11.0 Å². The van der Waals surface area contributed by atoms with E-state index in [1.807, 2.05) is 12.1 Å². The number of hydrogen-bond acceptors (Lipinski definition) is 0. The SMILES string of the molecule is C=C(Br)C[n+]1c(C)[nH]c2ccccc21. The van der Waals surface area contributed by atoms with E-state index < -0.39 is 0 Å². The van der Waals surface area contributed by atoms with Crippen LogP contribution in [0.3, 0.4) is 0 Å². The second-order valence-corrected chi connectivity index (χ2v) is 4.45. The van der Waals surface area contributed by atoms with Crippen LogP contribution in [0.1, 0.15) is 5.82 Å². The maximum atomic E-state index is 3.86. The molecule has 0 aliphatic heterocycles. The van der Waals surface area contributed by atoms with Crippen molar-refractivity contribution in [2.24, 2.45) is 0 Å². The van der Waals surface area contributed by atoms with Gasteiger partial charge in [-0.2, -0.15) is 0 Å². The monoisotopic (exact) mass is 251 g/mol. The molecular formula is C11H12BrN2+. The Balaban J connectivity index is 2.62. The molecule has 0 aliphatic carbocycles. The van der Waals surface area contributed by atoms with Gasteiger partial charge >= 0.3 is 0 Å². The van der Waals surface area contributed by atoms with Crippen molar-refractivity contribution in [3.8, 4) is 0 Å². The lowest BCUT2D eigenvalue weighted by Crippen LogP contribution is -2.35. The number of rotatable bonds is 2. The van der Waals surface area contributed by atoms with Gasteiger partial charge in [-0.1, -0.05) is 34.6 Å². The van der Waals surface area contributed by atoms with Crippen molar-refractivity contribution in [3.63, 3.8) is 0 Å². The summed E-state index contributed by atoms with van der Waals surface area (Å²) in [4.78, 5) is 3.33. The molecule has 0 bridgehead atoms. The minimum absolute atomic E-state index is 0.801. The molecule has 0 unspecified atom stereocenters. The topological polar surface area (TPSA) is 19.7 Å². The summed E-state index contributed by atoms with van der Waals surface area (Å²) in [6.45, 7) is 6.73. The van der Waals surface area contributed by atoms with Crippen LogP contribution in [0.25, 0.3) is 11.0 Å². The Hall–Kier alpha value is -1.09. The normalized spacial score (nSPS) is 10.7. The molecular weight excluding hydrogens is 240 g/mol. The zero-order valence-electron chi connectivity index (χ0n) is 8.05. The summed E-state index contributed by atoms with van der Waals surface area (Å²) < 4.78 is 3.18. The van der Waals surface area contributed by atoms with E-state index in [2.05, 4.69) is 51.1 Å². The number of imidazole rings is 1. The quantitative estimate of drug-likeness (QED) is 0.793. The van der Waals surface area contributed by atoms with E-state index in [1.165, 1.54) is 11.0 Å². The van der Waals surface area contributed by atoms with E-state index in [9.17, 15) is 0 Å². The third-order valence-electron chi connectivity index (χ3n) is 2.24. The fraction of sp³-hybridized carbons (Fsp3) is 0.182. The van der Waals surface area contributed by atoms with Crippen LogP contribution < -0.4 is 4.57 Å². The number of fused-ring (bicyclic) bond motifs is 1. The second kappa shape index (κ2) is 3.58. The number of aryl methyl sites for hydroxylation is 1. The molecule has 1 N–H and O–H groups in total. The number of H-pyrrole nitrogens is 1. The maximum absolute atomic E-state index is 3.86. The first kappa shape index (κ1) is 9.46. The first-order valence-electron chi connectivity index (χ1n) is 4.49. The molecule has 2 rings (SSSR count). The number of hydrogen-bond donors (Lipinski definition) is 1. The van der Waals surface area contributed by atoms with Gasteiger partial charge in [0.2, 0.25) is 0 Å². The van der Waals surface area contributed by atoms with E-state index in [4.69, 9.17) is 0 Å². The first-order chi connectivity index (χ1) is 6.68. The Kier molecular flexibility index (Phi) is 2.42. The van der Waals surface area contributed by atoms with Gasteiger partial charge in [0.1, 0.15) is 6.54 Å². The summed E-state index contributed by atoms with van der Waals surface area (Å²) in [6.07, 6.45) is 0. The minimum Gasteiger partial charge on any atom is -0.241 e. The summed E-state index contributed by atoms with van der Waals surface area (Å²) >= 11 is 3.39. The molecule has 1 heterocycles. The van der Waals surface area contributed by atoms with Gasteiger partial charge in [-0.3, -0.25) is 0 Å². The third kappa shape index (κ3) is 1.60. The highest BCUT2D eigenvalue weighted by atomic mass is 79.9. The lowest BCUT2D eigenvalue weighted by Gasteiger charge is -1.96. The molecule has 1 aromatic carbocycles. The van der Waals surface area contributed by atoms with Gasteiger partial charge in [-0.15, -0.1) is 0 Å². The molecule has 0 aliphatic rings. The molecule has 2 nitrogen and oxygen atoms in total. The first-order valence-corrected chi connectivity index (χ1v) is 5.28. The van der Waals surface area contributed by atoms with Crippen molar-refractivity contribution in [2.75, 3.05) is 0 Å². The van der Waals surface area contributed by atoms with Crippen LogP contribution in [0.15, 0.2) is 35.3 Å². The predicted molar refractivity (Wildman–Crippen MR) is 61.3 cm³/mol. The number of aromatic amines is 1. The number of halogens is 1. The lowest BCUT2D eigenvalue weighted by molar-refractivity contribution is -0.667. The summed E-state index contributed by atoms with van der Waals surface area (Å²) in [5.41, 5.74) is 2.38. The molecule has 0 fully saturated rings. The number of nitrogens with one attached hydrogen (secondary N) is 1. The second-order valence-electron chi connectivity index (χ2n) is 3.33. The van der Waals surface area contributed by atoms with Crippen molar-refractivity contribution >= 4 is 27.0 Å². The standard InChI is InChI=1S/C11H11BrN2/c1-8(12)7-14-9(2)13-10-5-3-4-6-11(10)14/h3-6H,1,7H2,2H3/p+1. The van der Waals surface area contributed by atoms with Gasteiger partial charge in [-0.25, -0.2) is 9.55 Å². The van der Waals surface area contributed by atoms with Crippen molar-refractivity contribution in [3.05, 3.63) is 41.2 Å². The molecule has 0 saturated heterocycles. The van der Waals surface area contributed by atoms with Crippen molar-refractivity contribution < 1.29 is 4.57 Å². The van der Waals surface area contributed by atoms with E-state index in [0.29, 0.717) is 0 Å². The molecule has 14 heavy (non-hydrogen) atoms. The third-order valence-corrected chi connectivity index (χ3v) is 2.50. The van der Waals surface area contributed by atoms with Gasteiger partial charge in [0.05, 0.1) is 0 Å². The van der Waals surface area contributed by atoms with Crippen LogP contribution in [0.5, 0.6) is 0 Å². The highest BCUT2D eigenvalue weighted by Gasteiger charge is 2.13. The molecule has 0 saturated carbocycles. The predicted octanol–water partition coefficient (Wildman–Crippen LogP) is 2.67. The number of nitrogens with zero attached hydrogens (tertiary/aromatic N) is 1. The van der Waals surface area contributed by atoms with Crippen molar-refractivity contribution in [2.45, 2.75) is 13.5 Å². The fourth-order valence-corrected chi connectivity index (χ4v) is 1.88. The van der Waals surface area contributed by atoms with Gasteiger partial charge in [-0.05, 0) is 12.1 Å². The highest BCUT2D eigenvalue weighted by molar-refractivity contribution is 9.11. The molecule has 0 atom stereocenters. The van der Waals surface area contributed by atoms with E-state index in [1.54, 1.807) is 0 Å². The number of benzene rings is 1. The summed E-state index contributed by atoms with van der Waals surface area (Å²) in [5.74, 6) is 1.15. The van der Waals surface area contributed by atoms with Crippen LogP contribution in [-0.4, -0.2) is 4.98 Å². The zero-order chi connectivity index (χ0) is 10.1. The average molecular weight is 252 g/mol. The molecule has 0 spiro atoms. The molecule has 0 amide bonds. The molecule has 72 valence electrons. The highest BCUT2D eigenvalue weighted by Crippen LogP contribution is 2.10. The summed E-state index contributed by atoms with van der Waals surface area (Å²) in [5, 5.41) is 0. The van der Waals surface area contributed by atoms with Crippen molar-refractivity contribution in [1.82, 2.24) is 4.98 Å². The van der Waals surface area contributed by atoms with E-state index in [0.717, 1.165) is 16.9 Å². The Morgan fingerprint density at radius 1 is 1.50 bits per heavy atom. The van der Waals surface area contributed by atoms with Gasteiger partial charge in [0, 0.05) is 11.4 Å². The van der Waals surface area contributed by atoms with Crippen LogP contribution in [0.2, 0.25) is 0 Å². The summed E-state index contributed by atoms with van der Waals surface area (Å²) in [7, 11) is 0. The van der Waals surface area contributed by atoms with E-state index >= 15 is 0 Å². The van der Waals surface area contributed by atoms with Crippen molar-refractivity contribution in [1.29, 1.82) is 0 Å². The zero-order valence-corrected chi connectivity index (χ0v) is 9.63. The number of para-hydroxylation sites is 2. The average Bonchev–Trinajstić information content (AvgIpc) is 2.43. The smallest absolute Gasteiger partial charge is 0.241 e. The van der Waals surface area contributed by atoms with Crippen LogP contribution in [-0.2, 0) is 6.54 Å².